The Hall–Kier alpha value is -1.55. The van der Waals surface area contributed by atoms with E-state index in [9.17, 15) is 4.79 Å². The van der Waals surface area contributed by atoms with Crippen LogP contribution in [0.5, 0.6) is 0 Å². The average Bonchev–Trinajstić information content (AvgIpc) is 3.15. The third kappa shape index (κ3) is 3.51. The van der Waals surface area contributed by atoms with E-state index in [1.165, 1.54) is 11.8 Å². The first kappa shape index (κ1) is 14.9. The molecule has 0 aliphatic heterocycles. The largest absolute Gasteiger partial charge is 0.416 e. The summed E-state index contributed by atoms with van der Waals surface area (Å²) in [6.45, 7) is 5.52. The Bertz CT molecular complexity index is 533. The molecule has 0 unspecified atom stereocenters. The van der Waals surface area contributed by atoms with E-state index < -0.39 is 5.54 Å². The summed E-state index contributed by atoms with van der Waals surface area (Å²) in [7, 11) is 0. The summed E-state index contributed by atoms with van der Waals surface area (Å²) >= 11 is 1.20. The number of aromatic nitrogens is 2. The predicted molar refractivity (Wildman–Crippen MR) is 74.0 cm³/mol. The Balaban J connectivity index is 1.83. The lowest BCUT2D eigenvalue weighted by Crippen LogP contribution is -2.49. The molecule has 0 radical (unpaired) electrons. The Kier molecular flexibility index (Phi) is 4.33. The standard InChI is InChI=1S/C13H18N4O2S/c1-8(2)13(3,7-14)15-10(18)6-20-12-17-16-11(19-12)9-4-5-9/h8-9H,4-6H2,1-3H3,(H,15,18)/t13-/m0/s1. The molecule has 2 rings (SSSR count). The van der Waals surface area contributed by atoms with Crippen molar-refractivity contribution in [2.24, 2.45) is 5.92 Å². The molecule has 20 heavy (non-hydrogen) atoms. The minimum atomic E-state index is -0.855. The fourth-order valence-electron chi connectivity index (χ4n) is 1.53. The first-order chi connectivity index (χ1) is 9.44. The summed E-state index contributed by atoms with van der Waals surface area (Å²) in [5.74, 6) is 1.06. The summed E-state index contributed by atoms with van der Waals surface area (Å²) in [5, 5.41) is 20.2. The zero-order chi connectivity index (χ0) is 14.8. The third-order valence-electron chi connectivity index (χ3n) is 3.46. The molecular formula is C13H18N4O2S. The van der Waals surface area contributed by atoms with E-state index in [2.05, 4.69) is 21.6 Å². The number of rotatable bonds is 6. The first-order valence-corrected chi connectivity index (χ1v) is 7.61. The minimum absolute atomic E-state index is 0.0336. The van der Waals surface area contributed by atoms with Gasteiger partial charge in [-0.15, -0.1) is 10.2 Å². The number of hydrogen-bond donors (Lipinski definition) is 1. The predicted octanol–water partition coefficient (Wildman–Crippen LogP) is 2.09. The van der Waals surface area contributed by atoms with Gasteiger partial charge in [0.1, 0.15) is 5.54 Å². The van der Waals surface area contributed by atoms with Crippen LogP contribution in [-0.2, 0) is 4.79 Å². The van der Waals surface area contributed by atoms with Crippen LogP contribution < -0.4 is 5.32 Å². The fourth-order valence-corrected chi connectivity index (χ4v) is 2.10. The van der Waals surface area contributed by atoms with Gasteiger partial charge >= 0.3 is 0 Å². The second kappa shape index (κ2) is 5.83. The van der Waals surface area contributed by atoms with Gasteiger partial charge < -0.3 is 9.73 Å². The molecule has 1 saturated carbocycles. The van der Waals surface area contributed by atoms with Crippen molar-refractivity contribution in [3.05, 3.63) is 5.89 Å². The average molecular weight is 294 g/mol. The normalized spacial score (nSPS) is 17.6. The smallest absolute Gasteiger partial charge is 0.277 e. The summed E-state index contributed by atoms with van der Waals surface area (Å²) in [4.78, 5) is 11.9. The molecular weight excluding hydrogens is 276 g/mol. The molecule has 1 heterocycles. The lowest BCUT2D eigenvalue weighted by Gasteiger charge is -2.27. The highest BCUT2D eigenvalue weighted by molar-refractivity contribution is 7.99. The van der Waals surface area contributed by atoms with E-state index in [1.807, 2.05) is 13.8 Å². The van der Waals surface area contributed by atoms with Gasteiger partial charge in [0.25, 0.3) is 5.22 Å². The van der Waals surface area contributed by atoms with Crippen molar-refractivity contribution in [1.82, 2.24) is 15.5 Å². The van der Waals surface area contributed by atoms with Gasteiger partial charge in [-0.25, -0.2) is 0 Å². The van der Waals surface area contributed by atoms with Crippen molar-refractivity contribution >= 4 is 17.7 Å². The van der Waals surface area contributed by atoms with Crippen molar-refractivity contribution in [3.63, 3.8) is 0 Å². The molecule has 1 amide bonds. The minimum Gasteiger partial charge on any atom is -0.416 e. The molecule has 1 aliphatic rings. The monoisotopic (exact) mass is 294 g/mol. The molecule has 6 nitrogen and oxygen atoms in total. The number of nitriles is 1. The van der Waals surface area contributed by atoms with Crippen LogP contribution in [0, 0.1) is 17.2 Å². The zero-order valence-corrected chi connectivity index (χ0v) is 12.7. The van der Waals surface area contributed by atoms with Crippen LogP contribution in [0.25, 0.3) is 0 Å². The van der Waals surface area contributed by atoms with Crippen molar-refractivity contribution in [1.29, 1.82) is 5.26 Å². The van der Waals surface area contributed by atoms with Crippen LogP contribution in [0.4, 0.5) is 0 Å². The second-order valence-electron chi connectivity index (χ2n) is 5.49. The summed E-state index contributed by atoms with van der Waals surface area (Å²) in [6.07, 6.45) is 2.20. The number of carbonyl (C=O) groups is 1. The lowest BCUT2D eigenvalue weighted by molar-refractivity contribution is -0.120. The van der Waals surface area contributed by atoms with Gasteiger partial charge in [0.2, 0.25) is 11.8 Å². The Morgan fingerprint density at radius 1 is 1.60 bits per heavy atom. The van der Waals surface area contributed by atoms with Gasteiger partial charge in [0, 0.05) is 5.92 Å². The van der Waals surface area contributed by atoms with Gasteiger partial charge in [-0.2, -0.15) is 5.26 Å². The molecule has 7 heteroatoms. The molecule has 0 bridgehead atoms. The van der Waals surface area contributed by atoms with Gasteiger partial charge in [0.15, 0.2) is 0 Å². The van der Waals surface area contributed by atoms with Crippen molar-refractivity contribution < 1.29 is 9.21 Å². The Morgan fingerprint density at radius 3 is 2.85 bits per heavy atom. The number of nitrogens with one attached hydrogen (secondary N) is 1. The molecule has 0 saturated heterocycles. The molecule has 0 aromatic carbocycles. The maximum Gasteiger partial charge on any atom is 0.277 e. The SMILES string of the molecule is CC(C)[C@](C)(C#N)NC(=O)CSc1nnc(C2CC2)o1. The Labute approximate surface area is 122 Å². The highest BCUT2D eigenvalue weighted by Gasteiger charge is 2.31. The number of nitrogens with zero attached hydrogens (tertiary/aromatic N) is 3. The highest BCUT2D eigenvalue weighted by Crippen LogP contribution is 2.39. The lowest BCUT2D eigenvalue weighted by atomic mass is 9.90. The topological polar surface area (TPSA) is 91.8 Å². The number of thioether (sulfide) groups is 1. The van der Waals surface area contributed by atoms with Gasteiger partial charge in [-0.3, -0.25) is 4.79 Å². The van der Waals surface area contributed by atoms with Gasteiger partial charge in [0.05, 0.1) is 11.8 Å². The molecule has 108 valence electrons. The maximum atomic E-state index is 11.9. The number of amides is 1. The second-order valence-corrected chi connectivity index (χ2v) is 6.41. The molecule has 1 fully saturated rings. The van der Waals surface area contributed by atoms with Crippen LogP contribution in [-0.4, -0.2) is 27.4 Å². The van der Waals surface area contributed by atoms with E-state index >= 15 is 0 Å². The van der Waals surface area contributed by atoms with Gasteiger partial charge in [-0.05, 0) is 25.7 Å². The number of carbonyl (C=O) groups excluding carboxylic acids is 1. The van der Waals surface area contributed by atoms with E-state index in [1.54, 1.807) is 6.92 Å². The molecule has 1 aromatic rings. The van der Waals surface area contributed by atoms with Crippen molar-refractivity contribution in [2.45, 2.75) is 50.3 Å². The molecule has 1 N–H and O–H groups in total. The molecule has 0 spiro atoms. The summed E-state index contributed by atoms with van der Waals surface area (Å²) < 4.78 is 5.46. The van der Waals surface area contributed by atoms with E-state index in [0.29, 0.717) is 17.0 Å². The first-order valence-electron chi connectivity index (χ1n) is 6.63. The number of hydrogen-bond acceptors (Lipinski definition) is 6. The third-order valence-corrected chi connectivity index (χ3v) is 4.28. The van der Waals surface area contributed by atoms with E-state index in [-0.39, 0.29) is 17.6 Å². The van der Waals surface area contributed by atoms with Crippen LogP contribution in [0.2, 0.25) is 0 Å². The van der Waals surface area contributed by atoms with E-state index in [0.717, 1.165) is 12.8 Å². The molecule has 1 aliphatic carbocycles. The van der Waals surface area contributed by atoms with Crippen LogP contribution in [0.15, 0.2) is 9.64 Å². The highest BCUT2D eigenvalue weighted by atomic mass is 32.2. The quantitative estimate of drug-likeness (QED) is 0.808. The van der Waals surface area contributed by atoms with E-state index in [4.69, 9.17) is 9.68 Å². The molecule has 1 aromatic heterocycles. The maximum absolute atomic E-state index is 11.9. The fraction of sp³-hybridized carbons (Fsp3) is 0.692. The van der Waals surface area contributed by atoms with Crippen molar-refractivity contribution in [2.75, 3.05) is 5.75 Å². The van der Waals surface area contributed by atoms with Crippen LogP contribution in [0.1, 0.15) is 45.4 Å². The van der Waals surface area contributed by atoms with Crippen molar-refractivity contribution in [3.8, 4) is 6.07 Å². The van der Waals surface area contributed by atoms with Gasteiger partial charge in [-0.1, -0.05) is 25.6 Å². The summed E-state index contributed by atoms with van der Waals surface area (Å²) in [5.41, 5.74) is -0.855. The van der Waals surface area contributed by atoms with Crippen LogP contribution >= 0.6 is 11.8 Å². The van der Waals surface area contributed by atoms with Crippen LogP contribution in [0.3, 0.4) is 0 Å². The summed E-state index contributed by atoms with van der Waals surface area (Å²) in [6, 6.07) is 2.14. The Morgan fingerprint density at radius 2 is 2.30 bits per heavy atom. The molecule has 1 atom stereocenters. The zero-order valence-electron chi connectivity index (χ0n) is 11.8.